The Bertz CT molecular complexity index is 516. The molecule has 1 fully saturated rings. The highest BCUT2D eigenvalue weighted by molar-refractivity contribution is 5.79. The van der Waals surface area contributed by atoms with Gasteiger partial charge < -0.3 is 19.9 Å². The molecule has 0 aromatic carbocycles. The first-order chi connectivity index (χ1) is 11.6. The second kappa shape index (κ2) is 9.58. The summed E-state index contributed by atoms with van der Waals surface area (Å²) in [5.41, 5.74) is 0. The van der Waals surface area contributed by atoms with Crippen LogP contribution in [0.1, 0.15) is 32.5 Å². The van der Waals surface area contributed by atoms with Crippen LogP contribution in [0.2, 0.25) is 0 Å². The van der Waals surface area contributed by atoms with E-state index in [9.17, 15) is 0 Å². The predicted molar refractivity (Wildman–Crippen MR) is 92.9 cm³/mol. The SMILES string of the molecule is CCNC(=NCc1nc(C)no1)NCC1CN(CC(C)C)CCO1. The zero-order chi connectivity index (χ0) is 17.4. The van der Waals surface area contributed by atoms with E-state index in [0.717, 1.165) is 45.3 Å². The average molecular weight is 338 g/mol. The zero-order valence-corrected chi connectivity index (χ0v) is 15.2. The van der Waals surface area contributed by atoms with E-state index >= 15 is 0 Å². The highest BCUT2D eigenvalue weighted by Crippen LogP contribution is 2.07. The minimum absolute atomic E-state index is 0.173. The standard InChI is InChI=1S/C16H30N6O2/c1-5-17-16(19-9-15-20-13(4)21-24-15)18-8-14-11-22(6-7-23-14)10-12(2)3/h12,14H,5-11H2,1-4H3,(H2,17,18,19). The summed E-state index contributed by atoms with van der Waals surface area (Å²) < 4.78 is 10.9. The quantitative estimate of drug-likeness (QED) is 0.561. The molecule has 0 amide bonds. The van der Waals surface area contributed by atoms with Gasteiger partial charge in [-0.25, -0.2) is 4.99 Å². The van der Waals surface area contributed by atoms with Crippen LogP contribution in [0.25, 0.3) is 0 Å². The fraction of sp³-hybridized carbons (Fsp3) is 0.812. The van der Waals surface area contributed by atoms with Crippen LogP contribution < -0.4 is 10.6 Å². The molecule has 8 nitrogen and oxygen atoms in total. The van der Waals surface area contributed by atoms with Crippen molar-refractivity contribution < 1.29 is 9.26 Å². The number of aliphatic imine (C=N–C) groups is 1. The summed E-state index contributed by atoms with van der Waals surface area (Å²) >= 11 is 0. The van der Waals surface area contributed by atoms with Crippen LogP contribution in [0.5, 0.6) is 0 Å². The van der Waals surface area contributed by atoms with Crippen molar-refractivity contribution in [3.8, 4) is 0 Å². The average Bonchev–Trinajstić information content (AvgIpc) is 2.95. The maximum Gasteiger partial charge on any atom is 0.248 e. The van der Waals surface area contributed by atoms with E-state index in [2.05, 4.69) is 44.5 Å². The molecule has 1 aromatic rings. The third kappa shape index (κ3) is 6.45. The topological polar surface area (TPSA) is 87.8 Å². The molecule has 0 radical (unpaired) electrons. The number of nitrogens with one attached hydrogen (secondary N) is 2. The molecule has 2 heterocycles. The summed E-state index contributed by atoms with van der Waals surface area (Å²) in [4.78, 5) is 11.1. The summed E-state index contributed by atoms with van der Waals surface area (Å²) in [6.45, 7) is 14.1. The van der Waals surface area contributed by atoms with Crippen molar-refractivity contribution in [1.82, 2.24) is 25.7 Å². The third-order valence-electron chi connectivity index (χ3n) is 3.63. The molecule has 136 valence electrons. The van der Waals surface area contributed by atoms with Gasteiger partial charge in [0, 0.05) is 32.7 Å². The van der Waals surface area contributed by atoms with Gasteiger partial charge in [-0.3, -0.25) is 4.90 Å². The first-order valence-electron chi connectivity index (χ1n) is 8.72. The molecule has 1 atom stereocenters. The molecule has 0 saturated carbocycles. The summed E-state index contributed by atoms with van der Waals surface area (Å²) in [6, 6.07) is 0. The Labute approximate surface area is 144 Å². The molecule has 8 heteroatoms. The van der Waals surface area contributed by atoms with Crippen LogP contribution in [0.3, 0.4) is 0 Å². The van der Waals surface area contributed by atoms with Crippen LogP contribution in [0.15, 0.2) is 9.52 Å². The Morgan fingerprint density at radius 3 is 2.92 bits per heavy atom. The minimum Gasteiger partial charge on any atom is -0.374 e. The molecule has 0 bridgehead atoms. The van der Waals surface area contributed by atoms with Gasteiger partial charge in [-0.2, -0.15) is 4.98 Å². The molecule has 1 aliphatic rings. The van der Waals surface area contributed by atoms with Crippen molar-refractivity contribution in [3.05, 3.63) is 11.7 Å². The fourth-order valence-electron chi connectivity index (χ4n) is 2.69. The van der Waals surface area contributed by atoms with E-state index in [1.165, 1.54) is 0 Å². The minimum atomic E-state index is 0.173. The van der Waals surface area contributed by atoms with Crippen molar-refractivity contribution in [2.45, 2.75) is 40.3 Å². The number of nitrogens with zero attached hydrogens (tertiary/aromatic N) is 4. The van der Waals surface area contributed by atoms with Crippen molar-refractivity contribution in [2.75, 3.05) is 39.3 Å². The van der Waals surface area contributed by atoms with Gasteiger partial charge in [0.25, 0.3) is 0 Å². The van der Waals surface area contributed by atoms with Crippen LogP contribution in [0, 0.1) is 12.8 Å². The molecule has 24 heavy (non-hydrogen) atoms. The van der Waals surface area contributed by atoms with Gasteiger partial charge in [-0.05, 0) is 19.8 Å². The van der Waals surface area contributed by atoms with E-state index in [1.54, 1.807) is 6.92 Å². The summed E-state index contributed by atoms with van der Waals surface area (Å²) in [5.74, 6) is 2.55. The molecule has 1 aliphatic heterocycles. The molecule has 0 aliphatic carbocycles. The van der Waals surface area contributed by atoms with Crippen molar-refractivity contribution >= 4 is 5.96 Å². The Hall–Kier alpha value is -1.67. The fourth-order valence-corrected chi connectivity index (χ4v) is 2.69. The monoisotopic (exact) mass is 338 g/mol. The number of ether oxygens (including phenoxy) is 1. The van der Waals surface area contributed by atoms with E-state index in [-0.39, 0.29) is 6.10 Å². The molecular formula is C16H30N6O2. The van der Waals surface area contributed by atoms with Gasteiger partial charge >= 0.3 is 0 Å². The van der Waals surface area contributed by atoms with Crippen molar-refractivity contribution in [1.29, 1.82) is 0 Å². The highest BCUT2D eigenvalue weighted by atomic mass is 16.5. The maximum absolute atomic E-state index is 5.86. The van der Waals surface area contributed by atoms with Gasteiger partial charge in [-0.15, -0.1) is 0 Å². The molecule has 2 N–H and O–H groups in total. The van der Waals surface area contributed by atoms with E-state index < -0.39 is 0 Å². The van der Waals surface area contributed by atoms with Gasteiger partial charge in [-0.1, -0.05) is 19.0 Å². The van der Waals surface area contributed by atoms with Gasteiger partial charge in [0.1, 0.15) is 6.54 Å². The third-order valence-corrected chi connectivity index (χ3v) is 3.63. The predicted octanol–water partition coefficient (Wildman–Crippen LogP) is 0.790. The van der Waals surface area contributed by atoms with Crippen molar-refractivity contribution in [3.63, 3.8) is 0 Å². The van der Waals surface area contributed by atoms with Gasteiger partial charge in [0.05, 0.1) is 12.7 Å². The van der Waals surface area contributed by atoms with Crippen LogP contribution >= 0.6 is 0 Å². The lowest BCUT2D eigenvalue weighted by Gasteiger charge is -2.34. The first kappa shape index (κ1) is 18.7. The number of hydrogen-bond acceptors (Lipinski definition) is 6. The largest absolute Gasteiger partial charge is 0.374 e. The number of morpholine rings is 1. The normalized spacial score (nSPS) is 19.7. The van der Waals surface area contributed by atoms with Crippen LogP contribution in [-0.4, -0.2) is 66.4 Å². The lowest BCUT2D eigenvalue weighted by molar-refractivity contribution is -0.0284. The van der Waals surface area contributed by atoms with Crippen molar-refractivity contribution in [2.24, 2.45) is 10.9 Å². The number of hydrogen-bond donors (Lipinski definition) is 2. The Morgan fingerprint density at radius 1 is 1.42 bits per heavy atom. The second-order valence-corrected chi connectivity index (χ2v) is 6.46. The van der Waals surface area contributed by atoms with E-state index in [1.807, 2.05) is 6.92 Å². The molecular weight excluding hydrogens is 308 g/mol. The Morgan fingerprint density at radius 2 is 2.25 bits per heavy atom. The molecule has 2 rings (SSSR count). The van der Waals surface area contributed by atoms with Crippen LogP contribution in [0.4, 0.5) is 0 Å². The first-order valence-corrected chi connectivity index (χ1v) is 8.72. The second-order valence-electron chi connectivity index (χ2n) is 6.46. The van der Waals surface area contributed by atoms with Crippen LogP contribution in [-0.2, 0) is 11.3 Å². The Balaban J connectivity index is 1.81. The molecule has 1 saturated heterocycles. The molecule has 1 aromatic heterocycles. The summed E-state index contributed by atoms with van der Waals surface area (Å²) in [5, 5.41) is 10.3. The molecule has 0 spiro atoms. The number of rotatable bonds is 7. The smallest absolute Gasteiger partial charge is 0.248 e. The number of guanidine groups is 1. The van der Waals surface area contributed by atoms with Gasteiger partial charge in [0.15, 0.2) is 11.8 Å². The molecule has 1 unspecified atom stereocenters. The van der Waals surface area contributed by atoms with E-state index in [0.29, 0.717) is 24.2 Å². The zero-order valence-electron chi connectivity index (χ0n) is 15.2. The highest BCUT2D eigenvalue weighted by Gasteiger charge is 2.21. The summed E-state index contributed by atoms with van der Waals surface area (Å²) in [6.07, 6.45) is 0.173. The summed E-state index contributed by atoms with van der Waals surface area (Å²) in [7, 11) is 0. The maximum atomic E-state index is 5.86. The number of aromatic nitrogens is 2. The number of aryl methyl sites for hydroxylation is 1. The lowest BCUT2D eigenvalue weighted by atomic mass is 10.2. The van der Waals surface area contributed by atoms with E-state index in [4.69, 9.17) is 9.26 Å². The van der Waals surface area contributed by atoms with Gasteiger partial charge in [0.2, 0.25) is 5.89 Å². The lowest BCUT2D eigenvalue weighted by Crippen LogP contribution is -2.50. The Kier molecular flexibility index (Phi) is 7.45.